The van der Waals surface area contributed by atoms with Crippen LogP contribution in [0.5, 0.6) is 0 Å². The molecule has 1 fully saturated rings. The van der Waals surface area contributed by atoms with E-state index in [0.717, 1.165) is 13.0 Å². The molecular formula is C16H34N2. The summed E-state index contributed by atoms with van der Waals surface area (Å²) in [5.74, 6) is 0. The quantitative estimate of drug-likeness (QED) is 0.644. The Hall–Kier alpha value is -0.0800. The molecule has 2 nitrogen and oxygen atoms in total. The molecule has 0 aromatic carbocycles. The minimum atomic E-state index is 0.142. The molecule has 0 aromatic rings. The summed E-state index contributed by atoms with van der Waals surface area (Å²) in [5, 5.41) is 0. The standard InChI is InChI=1S/C16H34N2/c1-3-5-8-15(9-6-7-14-17)10-12-16(18,4-2)13-11-15/h3-14,17-18H2,1-2H3. The van der Waals surface area contributed by atoms with Crippen LogP contribution in [-0.4, -0.2) is 12.1 Å². The molecule has 0 saturated heterocycles. The van der Waals surface area contributed by atoms with E-state index < -0.39 is 0 Å². The van der Waals surface area contributed by atoms with E-state index in [1.807, 2.05) is 0 Å². The Morgan fingerprint density at radius 2 is 1.50 bits per heavy atom. The van der Waals surface area contributed by atoms with Crippen molar-refractivity contribution in [2.45, 2.75) is 90.0 Å². The normalized spacial score (nSPS) is 32.7. The second-order valence-electron chi connectivity index (χ2n) is 6.57. The Bertz CT molecular complexity index is 217. The van der Waals surface area contributed by atoms with Crippen LogP contribution < -0.4 is 11.5 Å². The minimum absolute atomic E-state index is 0.142. The molecule has 0 heterocycles. The Labute approximate surface area is 114 Å². The molecule has 4 N–H and O–H groups in total. The first kappa shape index (κ1) is 16.0. The van der Waals surface area contributed by atoms with Crippen LogP contribution in [0.1, 0.15) is 84.5 Å². The predicted octanol–water partition coefficient (Wildman–Crippen LogP) is 3.97. The fourth-order valence-electron chi connectivity index (χ4n) is 3.45. The van der Waals surface area contributed by atoms with Crippen LogP contribution in [0.4, 0.5) is 0 Å². The lowest BCUT2D eigenvalue weighted by Gasteiger charge is -2.45. The van der Waals surface area contributed by atoms with E-state index in [2.05, 4.69) is 13.8 Å². The molecule has 0 amide bonds. The van der Waals surface area contributed by atoms with Gasteiger partial charge in [0.25, 0.3) is 0 Å². The summed E-state index contributed by atoms with van der Waals surface area (Å²) in [7, 11) is 0. The highest BCUT2D eigenvalue weighted by Crippen LogP contribution is 2.47. The lowest BCUT2D eigenvalue weighted by molar-refractivity contribution is 0.0996. The maximum atomic E-state index is 6.44. The third kappa shape index (κ3) is 4.55. The average molecular weight is 254 g/mol. The molecule has 1 aliphatic carbocycles. The van der Waals surface area contributed by atoms with Crippen molar-refractivity contribution in [1.29, 1.82) is 0 Å². The van der Waals surface area contributed by atoms with Crippen molar-refractivity contribution in [3.8, 4) is 0 Å². The van der Waals surface area contributed by atoms with E-state index in [9.17, 15) is 0 Å². The smallest absolute Gasteiger partial charge is 0.0152 e. The minimum Gasteiger partial charge on any atom is -0.330 e. The zero-order valence-electron chi connectivity index (χ0n) is 12.6. The summed E-state index contributed by atoms with van der Waals surface area (Å²) in [6, 6.07) is 0. The fraction of sp³-hybridized carbons (Fsp3) is 1.00. The van der Waals surface area contributed by atoms with Crippen LogP contribution in [0.3, 0.4) is 0 Å². The van der Waals surface area contributed by atoms with Crippen LogP contribution >= 0.6 is 0 Å². The molecule has 0 unspecified atom stereocenters. The van der Waals surface area contributed by atoms with Crippen molar-refractivity contribution < 1.29 is 0 Å². The van der Waals surface area contributed by atoms with Gasteiger partial charge in [0.15, 0.2) is 0 Å². The van der Waals surface area contributed by atoms with Gasteiger partial charge in [-0.3, -0.25) is 0 Å². The zero-order chi connectivity index (χ0) is 13.5. The largest absolute Gasteiger partial charge is 0.330 e. The summed E-state index contributed by atoms with van der Waals surface area (Å²) in [4.78, 5) is 0. The van der Waals surface area contributed by atoms with Crippen LogP contribution in [0.25, 0.3) is 0 Å². The van der Waals surface area contributed by atoms with E-state index >= 15 is 0 Å². The topological polar surface area (TPSA) is 52.0 Å². The molecule has 0 atom stereocenters. The second kappa shape index (κ2) is 7.49. The predicted molar refractivity (Wildman–Crippen MR) is 80.5 cm³/mol. The first-order chi connectivity index (χ1) is 8.60. The number of hydrogen-bond donors (Lipinski definition) is 2. The summed E-state index contributed by atoms with van der Waals surface area (Å²) >= 11 is 0. The lowest BCUT2D eigenvalue weighted by atomic mass is 9.63. The molecule has 2 heteroatoms. The molecule has 0 radical (unpaired) electrons. The summed E-state index contributed by atoms with van der Waals surface area (Å²) in [6.07, 6.45) is 14.3. The zero-order valence-corrected chi connectivity index (χ0v) is 12.6. The third-order valence-electron chi connectivity index (χ3n) is 5.23. The van der Waals surface area contributed by atoms with Crippen molar-refractivity contribution in [3.05, 3.63) is 0 Å². The Morgan fingerprint density at radius 3 is 2.00 bits per heavy atom. The van der Waals surface area contributed by atoms with E-state index in [0.29, 0.717) is 5.41 Å². The number of nitrogens with two attached hydrogens (primary N) is 2. The van der Waals surface area contributed by atoms with E-state index in [4.69, 9.17) is 11.5 Å². The summed E-state index contributed by atoms with van der Waals surface area (Å²) in [5.41, 5.74) is 12.8. The van der Waals surface area contributed by atoms with Crippen molar-refractivity contribution in [3.63, 3.8) is 0 Å². The van der Waals surface area contributed by atoms with Gasteiger partial charge >= 0.3 is 0 Å². The Morgan fingerprint density at radius 1 is 0.889 bits per heavy atom. The van der Waals surface area contributed by atoms with E-state index in [1.165, 1.54) is 64.2 Å². The van der Waals surface area contributed by atoms with Gasteiger partial charge in [0.2, 0.25) is 0 Å². The molecule has 1 aliphatic rings. The van der Waals surface area contributed by atoms with Gasteiger partial charge in [0, 0.05) is 5.54 Å². The van der Waals surface area contributed by atoms with Gasteiger partial charge in [-0.05, 0) is 63.3 Å². The van der Waals surface area contributed by atoms with Crippen LogP contribution in [-0.2, 0) is 0 Å². The average Bonchev–Trinajstić information content (AvgIpc) is 2.40. The van der Waals surface area contributed by atoms with Crippen molar-refractivity contribution >= 4 is 0 Å². The van der Waals surface area contributed by atoms with Crippen LogP contribution in [0.15, 0.2) is 0 Å². The number of rotatable bonds is 8. The van der Waals surface area contributed by atoms with Crippen LogP contribution in [0.2, 0.25) is 0 Å². The first-order valence-corrected chi connectivity index (χ1v) is 8.09. The first-order valence-electron chi connectivity index (χ1n) is 8.09. The molecule has 0 aromatic heterocycles. The highest BCUT2D eigenvalue weighted by molar-refractivity contribution is 4.95. The highest BCUT2D eigenvalue weighted by atomic mass is 14.7. The SMILES string of the molecule is CCCCC1(CCCCN)CCC(N)(CC)CC1. The molecular weight excluding hydrogens is 220 g/mol. The summed E-state index contributed by atoms with van der Waals surface area (Å²) in [6.45, 7) is 5.39. The Kier molecular flexibility index (Phi) is 6.65. The van der Waals surface area contributed by atoms with Gasteiger partial charge in [0.1, 0.15) is 0 Å². The molecule has 0 bridgehead atoms. The van der Waals surface area contributed by atoms with Gasteiger partial charge in [-0.1, -0.05) is 33.1 Å². The fourth-order valence-corrected chi connectivity index (χ4v) is 3.45. The second-order valence-corrected chi connectivity index (χ2v) is 6.57. The molecule has 0 aliphatic heterocycles. The molecule has 0 spiro atoms. The van der Waals surface area contributed by atoms with Crippen molar-refractivity contribution in [2.75, 3.05) is 6.54 Å². The van der Waals surface area contributed by atoms with Gasteiger partial charge in [-0.15, -0.1) is 0 Å². The van der Waals surface area contributed by atoms with Gasteiger partial charge in [0.05, 0.1) is 0 Å². The van der Waals surface area contributed by atoms with Gasteiger partial charge in [-0.25, -0.2) is 0 Å². The summed E-state index contributed by atoms with van der Waals surface area (Å²) < 4.78 is 0. The van der Waals surface area contributed by atoms with Crippen LogP contribution in [0, 0.1) is 5.41 Å². The van der Waals surface area contributed by atoms with E-state index in [1.54, 1.807) is 0 Å². The maximum Gasteiger partial charge on any atom is 0.0152 e. The Balaban J connectivity index is 2.52. The van der Waals surface area contributed by atoms with E-state index in [-0.39, 0.29) is 5.54 Å². The molecule has 1 saturated carbocycles. The monoisotopic (exact) mass is 254 g/mol. The molecule has 108 valence electrons. The number of unbranched alkanes of at least 4 members (excludes halogenated alkanes) is 2. The third-order valence-corrected chi connectivity index (χ3v) is 5.23. The maximum absolute atomic E-state index is 6.44. The number of hydrogen-bond acceptors (Lipinski definition) is 2. The highest BCUT2D eigenvalue weighted by Gasteiger charge is 2.38. The van der Waals surface area contributed by atoms with Crippen molar-refractivity contribution in [2.24, 2.45) is 16.9 Å². The van der Waals surface area contributed by atoms with Crippen molar-refractivity contribution in [1.82, 2.24) is 0 Å². The molecule has 18 heavy (non-hydrogen) atoms. The molecule has 1 rings (SSSR count). The lowest BCUT2D eigenvalue weighted by Crippen LogP contribution is -2.45. The van der Waals surface area contributed by atoms with Gasteiger partial charge in [-0.2, -0.15) is 0 Å². The van der Waals surface area contributed by atoms with Gasteiger partial charge < -0.3 is 11.5 Å².